The zero-order valence-electron chi connectivity index (χ0n) is 16.0. The smallest absolute Gasteiger partial charge is 0.266 e. The van der Waals surface area contributed by atoms with Gasteiger partial charge in [-0.05, 0) is 52.7 Å². The quantitative estimate of drug-likeness (QED) is 0.386. The lowest BCUT2D eigenvalue weighted by Crippen LogP contribution is -2.22. The van der Waals surface area contributed by atoms with E-state index in [2.05, 4.69) is 18.2 Å². The summed E-state index contributed by atoms with van der Waals surface area (Å²) in [4.78, 5) is 17.9. The van der Waals surface area contributed by atoms with Gasteiger partial charge in [-0.1, -0.05) is 66.7 Å². The van der Waals surface area contributed by atoms with Gasteiger partial charge in [0.15, 0.2) is 0 Å². The van der Waals surface area contributed by atoms with E-state index in [1.54, 1.807) is 30.3 Å². The number of para-hydroxylation sites is 1. The van der Waals surface area contributed by atoms with Gasteiger partial charge >= 0.3 is 0 Å². The van der Waals surface area contributed by atoms with E-state index in [1.165, 1.54) is 16.7 Å². The first-order chi connectivity index (χ1) is 14.7. The van der Waals surface area contributed by atoms with Gasteiger partial charge in [-0.15, -0.1) is 0 Å². The normalized spacial score (nSPS) is 11.5. The van der Waals surface area contributed by atoms with Gasteiger partial charge in [-0.25, -0.2) is 9.37 Å². The van der Waals surface area contributed by atoms with Crippen molar-refractivity contribution in [1.29, 1.82) is 0 Å². The molecule has 0 saturated carbocycles. The van der Waals surface area contributed by atoms with E-state index in [1.807, 2.05) is 42.5 Å². The predicted octanol–water partition coefficient (Wildman–Crippen LogP) is 5.85. The summed E-state index contributed by atoms with van der Waals surface area (Å²) in [7, 11) is 0. The molecule has 0 radical (unpaired) electrons. The first kappa shape index (κ1) is 18.0. The van der Waals surface area contributed by atoms with E-state index < -0.39 is 5.82 Å². The third-order valence-corrected chi connectivity index (χ3v) is 5.10. The Morgan fingerprint density at radius 3 is 2.37 bits per heavy atom. The second-order valence-corrected chi connectivity index (χ2v) is 7.01. The molecule has 4 aromatic carbocycles. The standard InChI is InChI=1S/C26H17FN2O/c27-20-10-6-11-21(17-20)29-25(28-24-14-4-3-13-23(24)26(29)30)16-15-19-9-5-8-18-7-1-2-12-22(18)19/h1-17H. The molecule has 0 saturated heterocycles. The fourth-order valence-corrected chi connectivity index (χ4v) is 3.69. The average Bonchev–Trinajstić information content (AvgIpc) is 2.78. The van der Waals surface area contributed by atoms with Crippen LogP contribution in [0.3, 0.4) is 0 Å². The Kier molecular flexibility index (Phi) is 4.45. The summed E-state index contributed by atoms with van der Waals surface area (Å²) in [6.07, 6.45) is 3.75. The van der Waals surface area contributed by atoms with Gasteiger partial charge in [-0.2, -0.15) is 0 Å². The number of aromatic nitrogens is 2. The molecule has 4 heteroatoms. The lowest BCUT2D eigenvalue weighted by atomic mass is 10.0. The molecule has 0 atom stereocenters. The predicted molar refractivity (Wildman–Crippen MR) is 120 cm³/mol. The molecule has 0 aliphatic rings. The molecule has 144 valence electrons. The molecule has 0 N–H and O–H groups in total. The van der Waals surface area contributed by atoms with Crippen LogP contribution in [0.2, 0.25) is 0 Å². The lowest BCUT2D eigenvalue weighted by molar-refractivity contribution is 0.626. The van der Waals surface area contributed by atoms with Crippen molar-refractivity contribution in [3.05, 3.63) is 119 Å². The van der Waals surface area contributed by atoms with Crippen molar-refractivity contribution < 1.29 is 4.39 Å². The maximum Gasteiger partial charge on any atom is 0.266 e. The summed E-state index contributed by atoms with van der Waals surface area (Å²) >= 11 is 0. The third-order valence-electron chi connectivity index (χ3n) is 5.10. The van der Waals surface area contributed by atoms with Gasteiger partial charge in [-0.3, -0.25) is 9.36 Å². The highest BCUT2D eigenvalue weighted by Crippen LogP contribution is 2.21. The molecule has 3 nitrogen and oxygen atoms in total. The van der Waals surface area contributed by atoms with E-state index in [-0.39, 0.29) is 5.56 Å². The molecule has 5 rings (SSSR count). The SMILES string of the molecule is O=c1c2ccccc2nc(C=Cc2cccc3ccccc23)n1-c1cccc(F)c1. The third kappa shape index (κ3) is 3.18. The Morgan fingerprint density at radius 1 is 0.767 bits per heavy atom. The van der Waals surface area contributed by atoms with Crippen molar-refractivity contribution in [3.63, 3.8) is 0 Å². The Hall–Kier alpha value is -4.05. The molecule has 0 unspecified atom stereocenters. The Labute approximate surface area is 172 Å². The van der Waals surface area contributed by atoms with Crippen LogP contribution in [-0.4, -0.2) is 9.55 Å². The van der Waals surface area contributed by atoms with Crippen LogP contribution in [0.4, 0.5) is 4.39 Å². The second-order valence-electron chi connectivity index (χ2n) is 7.01. The largest absolute Gasteiger partial charge is 0.268 e. The van der Waals surface area contributed by atoms with Crippen molar-refractivity contribution in [2.45, 2.75) is 0 Å². The first-order valence-corrected chi connectivity index (χ1v) is 9.64. The highest BCUT2D eigenvalue weighted by molar-refractivity contribution is 5.92. The highest BCUT2D eigenvalue weighted by Gasteiger charge is 2.11. The minimum Gasteiger partial charge on any atom is -0.268 e. The van der Waals surface area contributed by atoms with Gasteiger partial charge in [0.1, 0.15) is 11.6 Å². The molecule has 0 amide bonds. The van der Waals surface area contributed by atoms with Gasteiger partial charge in [0.2, 0.25) is 0 Å². The highest BCUT2D eigenvalue weighted by atomic mass is 19.1. The number of hydrogen-bond acceptors (Lipinski definition) is 2. The summed E-state index contributed by atoms with van der Waals surface area (Å²) in [6.45, 7) is 0. The molecule has 0 spiro atoms. The summed E-state index contributed by atoms with van der Waals surface area (Å²) in [5, 5.41) is 2.73. The second kappa shape index (κ2) is 7.41. The molecule has 0 fully saturated rings. The Morgan fingerprint density at radius 2 is 1.50 bits per heavy atom. The molecule has 0 aliphatic heterocycles. The van der Waals surface area contributed by atoms with E-state index >= 15 is 0 Å². The molecule has 1 heterocycles. The van der Waals surface area contributed by atoms with Gasteiger partial charge in [0.05, 0.1) is 16.6 Å². The fraction of sp³-hybridized carbons (Fsp3) is 0. The van der Waals surface area contributed by atoms with Crippen molar-refractivity contribution in [3.8, 4) is 5.69 Å². The van der Waals surface area contributed by atoms with Crippen LogP contribution in [0, 0.1) is 5.82 Å². The molecule has 0 aliphatic carbocycles. The van der Waals surface area contributed by atoms with E-state index in [0.29, 0.717) is 22.4 Å². The Balaban J connectivity index is 1.74. The van der Waals surface area contributed by atoms with Crippen LogP contribution in [0.25, 0.3) is 39.5 Å². The van der Waals surface area contributed by atoms with Crippen LogP contribution in [0.5, 0.6) is 0 Å². The average molecular weight is 392 g/mol. The Bertz CT molecular complexity index is 1480. The molecule has 1 aromatic heterocycles. The van der Waals surface area contributed by atoms with Crippen LogP contribution >= 0.6 is 0 Å². The maximum atomic E-state index is 13.9. The summed E-state index contributed by atoms with van der Waals surface area (Å²) in [5.74, 6) is 0.0359. The molecule has 5 aromatic rings. The van der Waals surface area contributed by atoms with Crippen LogP contribution in [0.1, 0.15) is 11.4 Å². The summed E-state index contributed by atoms with van der Waals surface area (Å²) < 4.78 is 15.4. The first-order valence-electron chi connectivity index (χ1n) is 9.64. The number of nitrogens with zero attached hydrogens (tertiary/aromatic N) is 2. The van der Waals surface area contributed by atoms with Crippen LogP contribution < -0.4 is 5.56 Å². The molecule has 30 heavy (non-hydrogen) atoms. The molecular weight excluding hydrogens is 375 g/mol. The topological polar surface area (TPSA) is 34.9 Å². The van der Waals surface area contributed by atoms with Gasteiger partial charge in [0.25, 0.3) is 5.56 Å². The number of benzene rings is 4. The summed E-state index contributed by atoms with van der Waals surface area (Å²) in [5.41, 5.74) is 1.83. The fourth-order valence-electron chi connectivity index (χ4n) is 3.69. The molecule has 0 bridgehead atoms. The lowest BCUT2D eigenvalue weighted by Gasteiger charge is -2.11. The number of hydrogen-bond donors (Lipinski definition) is 0. The minimum atomic E-state index is -0.406. The van der Waals surface area contributed by atoms with E-state index in [9.17, 15) is 9.18 Å². The molecular formula is C26H17FN2O. The number of halogens is 1. The van der Waals surface area contributed by atoms with E-state index in [4.69, 9.17) is 4.98 Å². The van der Waals surface area contributed by atoms with Gasteiger partial charge in [0, 0.05) is 0 Å². The zero-order valence-corrected chi connectivity index (χ0v) is 16.0. The minimum absolute atomic E-state index is 0.233. The number of fused-ring (bicyclic) bond motifs is 2. The maximum absolute atomic E-state index is 13.9. The van der Waals surface area contributed by atoms with Crippen molar-refractivity contribution >= 4 is 33.8 Å². The van der Waals surface area contributed by atoms with Crippen molar-refractivity contribution in [2.24, 2.45) is 0 Å². The monoisotopic (exact) mass is 392 g/mol. The van der Waals surface area contributed by atoms with Gasteiger partial charge < -0.3 is 0 Å². The van der Waals surface area contributed by atoms with Crippen molar-refractivity contribution in [2.75, 3.05) is 0 Å². The van der Waals surface area contributed by atoms with Crippen molar-refractivity contribution in [1.82, 2.24) is 9.55 Å². The van der Waals surface area contributed by atoms with Crippen LogP contribution in [-0.2, 0) is 0 Å². The zero-order chi connectivity index (χ0) is 20.5. The number of rotatable bonds is 3. The van der Waals surface area contributed by atoms with E-state index in [0.717, 1.165) is 16.3 Å². The van der Waals surface area contributed by atoms with Crippen LogP contribution in [0.15, 0.2) is 95.8 Å². The summed E-state index contributed by atoms with van der Waals surface area (Å²) in [6, 6.07) is 27.4.